The van der Waals surface area contributed by atoms with Crippen molar-refractivity contribution < 1.29 is 14.0 Å². The first-order valence-electron chi connectivity index (χ1n) is 11.2. The summed E-state index contributed by atoms with van der Waals surface area (Å²) < 4.78 is 13.4. The van der Waals surface area contributed by atoms with Crippen molar-refractivity contribution in [2.45, 2.75) is 0 Å². The van der Waals surface area contributed by atoms with E-state index >= 15 is 0 Å². The monoisotopic (exact) mass is 496 g/mol. The predicted molar refractivity (Wildman–Crippen MR) is 137 cm³/mol. The largest absolute Gasteiger partial charge is 0.331 e. The van der Waals surface area contributed by atoms with Gasteiger partial charge in [0.25, 0.3) is 5.91 Å². The van der Waals surface area contributed by atoms with E-state index in [0.29, 0.717) is 33.5 Å². The van der Waals surface area contributed by atoms with Crippen LogP contribution in [0.3, 0.4) is 0 Å². The SMILES string of the molecule is CN(C)C(=O)Nc1cncc(-c2ccc3[nH]nc(C(=O)Nc4ccc(-c5cncc(F)c5)nc4)c3c2)c1. The summed E-state index contributed by atoms with van der Waals surface area (Å²) in [6, 6.07) is 11.7. The van der Waals surface area contributed by atoms with Gasteiger partial charge in [-0.05, 0) is 42.0 Å². The highest BCUT2D eigenvalue weighted by Crippen LogP contribution is 2.27. The van der Waals surface area contributed by atoms with Crippen molar-refractivity contribution in [1.29, 1.82) is 0 Å². The van der Waals surface area contributed by atoms with Crippen LogP contribution in [0.2, 0.25) is 0 Å². The van der Waals surface area contributed by atoms with Gasteiger partial charge in [0.05, 0.1) is 41.2 Å². The van der Waals surface area contributed by atoms with Gasteiger partial charge >= 0.3 is 6.03 Å². The van der Waals surface area contributed by atoms with Gasteiger partial charge in [-0.3, -0.25) is 24.8 Å². The summed E-state index contributed by atoms with van der Waals surface area (Å²) in [5.41, 5.74) is 4.52. The Labute approximate surface area is 210 Å². The highest BCUT2D eigenvalue weighted by atomic mass is 19.1. The fraction of sp³-hybridized carbons (Fsp3) is 0.0769. The van der Waals surface area contributed by atoms with Crippen molar-refractivity contribution in [2.75, 3.05) is 24.7 Å². The zero-order valence-electron chi connectivity index (χ0n) is 19.9. The number of aromatic nitrogens is 5. The highest BCUT2D eigenvalue weighted by molar-refractivity contribution is 6.11. The smallest absolute Gasteiger partial charge is 0.321 e. The van der Waals surface area contributed by atoms with E-state index in [1.54, 1.807) is 44.7 Å². The van der Waals surface area contributed by atoms with Crippen LogP contribution < -0.4 is 10.6 Å². The number of benzene rings is 1. The summed E-state index contributed by atoms with van der Waals surface area (Å²) in [6.07, 6.45) is 7.35. The Hall–Kier alpha value is -5.19. The highest BCUT2D eigenvalue weighted by Gasteiger charge is 2.16. The van der Waals surface area contributed by atoms with Gasteiger partial charge in [-0.2, -0.15) is 5.10 Å². The molecule has 4 heterocycles. The quantitative estimate of drug-likeness (QED) is 0.327. The third-order valence-corrected chi connectivity index (χ3v) is 5.53. The van der Waals surface area contributed by atoms with Crippen LogP contribution in [0, 0.1) is 5.82 Å². The molecule has 0 aliphatic heterocycles. The van der Waals surface area contributed by atoms with Crippen molar-refractivity contribution in [2.24, 2.45) is 0 Å². The number of carbonyl (C=O) groups excluding carboxylic acids is 2. The average molecular weight is 497 g/mol. The Morgan fingerprint density at radius 1 is 0.838 bits per heavy atom. The second-order valence-corrected chi connectivity index (χ2v) is 8.40. The number of carbonyl (C=O) groups is 2. The van der Waals surface area contributed by atoms with E-state index in [0.717, 1.165) is 17.3 Å². The molecule has 0 spiro atoms. The molecule has 4 aromatic heterocycles. The van der Waals surface area contributed by atoms with Gasteiger partial charge in [0, 0.05) is 43.0 Å². The number of pyridine rings is 3. The summed E-state index contributed by atoms with van der Waals surface area (Å²) in [4.78, 5) is 38.8. The minimum absolute atomic E-state index is 0.209. The van der Waals surface area contributed by atoms with Crippen molar-refractivity contribution in [3.63, 3.8) is 0 Å². The van der Waals surface area contributed by atoms with Gasteiger partial charge in [0.15, 0.2) is 5.69 Å². The van der Waals surface area contributed by atoms with Crippen LogP contribution in [0.5, 0.6) is 0 Å². The maximum Gasteiger partial charge on any atom is 0.321 e. The number of hydrogen-bond acceptors (Lipinski definition) is 6. The molecule has 0 aliphatic carbocycles. The topological polar surface area (TPSA) is 129 Å². The predicted octanol–water partition coefficient (Wildman–Crippen LogP) is 4.57. The van der Waals surface area contributed by atoms with Crippen LogP contribution in [-0.4, -0.2) is 56.1 Å². The Morgan fingerprint density at radius 3 is 2.41 bits per heavy atom. The Balaban J connectivity index is 1.37. The Bertz CT molecular complexity index is 1620. The van der Waals surface area contributed by atoms with E-state index < -0.39 is 11.7 Å². The molecule has 5 rings (SSSR count). The van der Waals surface area contributed by atoms with E-state index in [9.17, 15) is 14.0 Å². The average Bonchev–Trinajstić information content (AvgIpc) is 3.33. The summed E-state index contributed by atoms with van der Waals surface area (Å²) in [5, 5.41) is 13.2. The van der Waals surface area contributed by atoms with Gasteiger partial charge in [0.1, 0.15) is 5.82 Å². The first-order valence-corrected chi connectivity index (χ1v) is 11.2. The number of rotatable bonds is 5. The van der Waals surface area contributed by atoms with Crippen LogP contribution in [0.4, 0.5) is 20.6 Å². The molecule has 3 amide bonds. The Morgan fingerprint density at radius 2 is 1.65 bits per heavy atom. The number of anilines is 2. The zero-order valence-corrected chi connectivity index (χ0v) is 19.9. The summed E-state index contributed by atoms with van der Waals surface area (Å²) in [5.74, 6) is -0.877. The number of hydrogen-bond donors (Lipinski definition) is 3. The number of halogens is 1. The van der Waals surface area contributed by atoms with Gasteiger partial charge in [-0.15, -0.1) is 0 Å². The summed E-state index contributed by atoms with van der Waals surface area (Å²) in [6.45, 7) is 0. The molecular weight excluding hydrogens is 475 g/mol. The lowest BCUT2D eigenvalue weighted by molar-refractivity contribution is 0.102. The number of nitrogens with one attached hydrogen (secondary N) is 3. The number of urea groups is 1. The standard InChI is InChI=1S/C26H21FN8O2/c1-35(2)26(37)32-20-8-16(10-29-13-20)15-3-5-23-21(9-15)24(34-33-23)25(36)31-19-4-6-22(30-14-19)17-7-18(27)12-28-11-17/h3-14H,1-2H3,(H,31,36)(H,32,37)(H,33,34). The number of fused-ring (bicyclic) bond motifs is 1. The second kappa shape index (κ2) is 9.82. The lowest BCUT2D eigenvalue weighted by atomic mass is 10.0. The molecule has 184 valence electrons. The molecule has 11 heteroatoms. The molecule has 0 saturated carbocycles. The Kier molecular flexibility index (Phi) is 6.25. The fourth-order valence-electron chi connectivity index (χ4n) is 3.65. The van der Waals surface area contributed by atoms with E-state index in [1.807, 2.05) is 18.2 Å². The minimum atomic E-state index is -0.456. The fourth-order valence-corrected chi connectivity index (χ4v) is 3.65. The molecular formula is C26H21FN8O2. The third-order valence-electron chi connectivity index (χ3n) is 5.53. The van der Waals surface area contributed by atoms with Crippen molar-refractivity contribution in [3.8, 4) is 22.4 Å². The number of H-pyrrole nitrogens is 1. The van der Waals surface area contributed by atoms with Gasteiger partial charge < -0.3 is 15.5 Å². The summed E-state index contributed by atoms with van der Waals surface area (Å²) >= 11 is 0. The molecule has 0 radical (unpaired) electrons. The molecule has 0 fully saturated rings. The third kappa shape index (κ3) is 5.10. The normalized spacial score (nSPS) is 10.8. The molecule has 0 atom stereocenters. The number of amides is 3. The molecule has 0 bridgehead atoms. The first kappa shape index (κ1) is 23.5. The van der Waals surface area contributed by atoms with Crippen LogP contribution >= 0.6 is 0 Å². The minimum Gasteiger partial charge on any atom is -0.331 e. The van der Waals surface area contributed by atoms with Crippen LogP contribution in [-0.2, 0) is 0 Å². The maximum atomic E-state index is 13.4. The van der Waals surface area contributed by atoms with E-state index in [-0.39, 0.29) is 11.7 Å². The molecule has 0 unspecified atom stereocenters. The molecule has 0 aliphatic rings. The lowest BCUT2D eigenvalue weighted by Gasteiger charge is -2.12. The molecule has 3 N–H and O–H groups in total. The van der Waals surface area contributed by atoms with E-state index in [4.69, 9.17) is 0 Å². The van der Waals surface area contributed by atoms with Crippen LogP contribution in [0.1, 0.15) is 10.5 Å². The molecule has 5 aromatic rings. The molecule has 1 aromatic carbocycles. The van der Waals surface area contributed by atoms with E-state index in [1.165, 1.54) is 23.4 Å². The van der Waals surface area contributed by atoms with Crippen molar-refractivity contribution in [1.82, 2.24) is 30.0 Å². The number of aromatic amines is 1. The van der Waals surface area contributed by atoms with E-state index in [2.05, 4.69) is 35.8 Å². The molecule has 10 nitrogen and oxygen atoms in total. The van der Waals surface area contributed by atoms with Gasteiger partial charge in [0.2, 0.25) is 0 Å². The zero-order chi connectivity index (χ0) is 25.9. The molecule has 0 saturated heterocycles. The maximum absolute atomic E-state index is 13.4. The van der Waals surface area contributed by atoms with Gasteiger partial charge in [-0.25, -0.2) is 9.18 Å². The van der Waals surface area contributed by atoms with Crippen molar-refractivity contribution >= 4 is 34.2 Å². The van der Waals surface area contributed by atoms with Crippen LogP contribution in [0.15, 0.2) is 73.4 Å². The first-order chi connectivity index (χ1) is 17.9. The number of nitrogens with zero attached hydrogens (tertiary/aromatic N) is 5. The van der Waals surface area contributed by atoms with Crippen LogP contribution in [0.25, 0.3) is 33.3 Å². The second-order valence-electron chi connectivity index (χ2n) is 8.40. The molecule has 37 heavy (non-hydrogen) atoms. The van der Waals surface area contributed by atoms with Crippen molar-refractivity contribution in [3.05, 3.63) is 85.0 Å². The summed E-state index contributed by atoms with van der Waals surface area (Å²) in [7, 11) is 3.30. The van der Waals surface area contributed by atoms with Gasteiger partial charge in [-0.1, -0.05) is 6.07 Å². The lowest BCUT2D eigenvalue weighted by Crippen LogP contribution is -2.27.